The van der Waals surface area contributed by atoms with E-state index in [0.717, 1.165) is 24.9 Å². The van der Waals surface area contributed by atoms with Gasteiger partial charge in [0.05, 0.1) is 105 Å². The Hall–Kier alpha value is -5.10. The second-order valence-electron chi connectivity index (χ2n) is 36.5. The standard InChI is InChI=1S/C30H56N3O9P.C29H57N4O8P.C28H42N4O5S.6H2/c1-20(2)28(34)10-9-11-29(35)32-16-26(41-23(7)8)14-25(32)19-40-43(37,38)42-27-15-24(18-39-22(5)6)33(17-27)30(36)12-13-31-21(3)4;1-20(2)30-12-9-10-28(34)32-16-26(40-23(7)8)14-25(32)19-39-42(36,37)41-27-15-24(18-38-22(5)6)33(17-27)29(35)11-13-31-21(3)4;1-17(2)29-16-38-24-14-25(34)32(28(24)37)15-20-5-9-21(10-6-20)26(35)31-23(27(36)30-18(3)4)13-19-7-11-22(33)12-8-19;;;;;;/h20-27,31H,9-19H2,1-8H3,(H,37,38);20-27,30-31H,9-19H2,1-8H3,(H,36,37);7-8,11-12,17-18,20-21,23-24,29,33H,5-6,9-10,13-16H2,1-4H3,(H,30,36)(H,31,35);6*1H/t2*24-,25-,26+,27+;;;;;;;/m00......./s1. The van der Waals surface area contributed by atoms with Crippen LogP contribution in [-0.4, -0.2) is 292 Å². The molecule has 1 aromatic carbocycles. The van der Waals surface area contributed by atoms with Gasteiger partial charge in [0, 0.05) is 147 Å². The molecule has 0 aromatic heterocycles. The summed E-state index contributed by atoms with van der Waals surface area (Å²) in [4.78, 5) is 145. The highest BCUT2D eigenvalue weighted by atomic mass is 32.2. The minimum absolute atomic E-state index is 0. The molecule has 7 rings (SSSR count). The Morgan fingerprint density at radius 3 is 1.33 bits per heavy atom. The van der Waals surface area contributed by atoms with Gasteiger partial charge in [-0.2, -0.15) is 0 Å². The zero-order valence-corrected chi connectivity index (χ0v) is 80.0. The summed E-state index contributed by atoms with van der Waals surface area (Å²) in [5.41, 5.74) is 0.840. The molecule has 6 aliphatic rings. The van der Waals surface area contributed by atoms with Gasteiger partial charge < -0.3 is 85.3 Å². The third-order valence-electron chi connectivity index (χ3n) is 21.8. The quantitative estimate of drug-likeness (QED) is 0.0127. The predicted molar refractivity (Wildman–Crippen MR) is 487 cm³/mol. The molecule has 8 amide bonds. The van der Waals surface area contributed by atoms with Crippen LogP contribution in [0.4, 0.5) is 0 Å². The number of phosphoric ester groups is 2. The van der Waals surface area contributed by atoms with Gasteiger partial charge in [0.25, 0.3) is 0 Å². The first-order valence-corrected chi connectivity index (χ1v) is 49.2. The molecule has 36 heteroatoms. The van der Waals surface area contributed by atoms with E-state index in [1.165, 1.54) is 16.7 Å². The lowest BCUT2D eigenvalue weighted by molar-refractivity contribution is -0.140. The lowest BCUT2D eigenvalue weighted by atomic mass is 9.81. The van der Waals surface area contributed by atoms with Crippen LogP contribution in [0.3, 0.4) is 0 Å². The van der Waals surface area contributed by atoms with Crippen molar-refractivity contribution in [2.24, 2.45) is 17.8 Å². The first-order valence-electron chi connectivity index (χ1n) is 45.1. The molecule has 5 heterocycles. The van der Waals surface area contributed by atoms with Gasteiger partial charge in [0.1, 0.15) is 17.6 Å². The third kappa shape index (κ3) is 41.0. The molecule has 718 valence electrons. The number of carbonyl (C=O) groups excluding carboxylic acids is 9. The number of ketones is 1. The maximum atomic E-state index is 13.1. The van der Waals surface area contributed by atoms with Gasteiger partial charge in [-0.25, -0.2) is 9.13 Å². The molecular weight excluding hydrogens is 1650 g/mol. The van der Waals surface area contributed by atoms with Crippen molar-refractivity contribution in [3.05, 3.63) is 29.8 Å². The second kappa shape index (κ2) is 54.4. The van der Waals surface area contributed by atoms with Gasteiger partial charge in [0.15, 0.2) is 0 Å². The molecule has 33 nitrogen and oxygen atoms in total. The summed E-state index contributed by atoms with van der Waals surface area (Å²) >= 11 is 1.49. The average Bonchev–Trinajstić information content (AvgIpc) is 1.86. The number of likely N-dealkylation sites (tertiary alicyclic amines) is 5. The third-order valence-corrected chi connectivity index (χ3v) is 25.0. The van der Waals surface area contributed by atoms with Crippen LogP contribution in [0, 0.1) is 17.8 Å². The molecule has 9 N–H and O–H groups in total. The summed E-state index contributed by atoms with van der Waals surface area (Å²) in [6, 6.07) is 5.64. The lowest BCUT2D eigenvalue weighted by Gasteiger charge is -2.31. The maximum Gasteiger partial charge on any atom is 0.472 e. The van der Waals surface area contributed by atoms with E-state index in [1.54, 1.807) is 43.9 Å². The number of rotatable bonds is 50. The van der Waals surface area contributed by atoms with E-state index in [0.29, 0.717) is 147 Å². The van der Waals surface area contributed by atoms with Crippen molar-refractivity contribution in [1.82, 2.24) is 56.4 Å². The highest BCUT2D eigenvalue weighted by Crippen LogP contribution is 2.49. The van der Waals surface area contributed by atoms with Crippen LogP contribution in [-0.2, 0) is 95.7 Å². The van der Waals surface area contributed by atoms with E-state index in [1.807, 2.05) is 125 Å². The number of hydrogen-bond donors (Lipinski definition) is 9. The SMILES string of the molecule is CC(C)NCCC(=O)N1C[C@H](OP(=O)(O)OC[C@@H]2C[C@@H](OC(C)C)CN2C(=O)CCCC(=O)C(C)C)C[C@H]1COC(C)C.CC(C)NCCCC(=O)N1C[C@H](OC(C)C)C[C@H]1COP(=O)(O)O[C@@H]1C[C@@H](COC(C)C)N(C(=O)CCNC(C)C)C1.CC(C)NCSC1CC(=O)N(CC2CCC(C(=O)NC(Cc3ccc(O)cc3)C(=O)NC(C)C)CC2)C1=O.[HH].[HH].[HH].[HH].[HH].[HH]. The second-order valence-corrected chi connectivity index (χ2v) is 40.5. The lowest BCUT2D eigenvalue weighted by Crippen LogP contribution is -2.51. The molecule has 0 bridgehead atoms. The van der Waals surface area contributed by atoms with E-state index < -0.39 is 46.0 Å². The molecule has 4 unspecified atom stereocenters. The molecule has 123 heavy (non-hydrogen) atoms. The average molecular weight is 1810 g/mol. The monoisotopic (exact) mass is 1810 g/mol. The Morgan fingerprint density at radius 1 is 0.496 bits per heavy atom. The van der Waals surface area contributed by atoms with Gasteiger partial charge in [-0.05, 0) is 164 Å². The van der Waals surface area contributed by atoms with Crippen LogP contribution in [0.25, 0.3) is 0 Å². The van der Waals surface area contributed by atoms with Crippen LogP contribution in [0.2, 0.25) is 0 Å². The first kappa shape index (κ1) is 108. The van der Waals surface area contributed by atoms with E-state index in [-0.39, 0.29) is 196 Å². The van der Waals surface area contributed by atoms with Gasteiger partial charge in [-0.15, -0.1) is 11.8 Å². The minimum Gasteiger partial charge on any atom is -0.508 e. The minimum atomic E-state index is -4.51. The molecule has 12 atom stereocenters. The fourth-order valence-electron chi connectivity index (χ4n) is 15.6. The normalized spacial score (nSPS) is 23.8. The van der Waals surface area contributed by atoms with Crippen LogP contribution >= 0.6 is 27.4 Å². The van der Waals surface area contributed by atoms with Gasteiger partial charge >= 0.3 is 15.6 Å². The summed E-state index contributed by atoms with van der Waals surface area (Å²) in [5, 5.41) is 28.1. The first-order chi connectivity index (χ1) is 57.8. The van der Waals surface area contributed by atoms with Crippen molar-refractivity contribution in [1.29, 1.82) is 0 Å². The number of Topliss-reactive ketones (excluding diaryl/α,β-unsaturated/α-hetero) is 1. The molecule has 1 saturated carbocycles. The fraction of sp³-hybridized carbons (Fsp3) is 0.828. The summed E-state index contributed by atoms with van der Waals surface area (Å²) in [7, 11) is -8.98. The Morgan fingerprint density at radius 2 is 0.911 bits per heavy atom. The largest absolute Gasteiger partial charge is 0.508 e. The summed E-state index contributed by atoms with van der Waals surface area (Å²) in [6.07, 6.45) is 5.90. The molecule has 1 aromatic rings. The zero-order valence-electron chi connectivity index (χ0n) is 77.4. The number of imide groups is 1. The number of carbonyl (C=O) groups is 9. The van der Waals surface area contributed by atoms with Crippen LogP contribution in [0.1, 0.15) is 255 Å². The van der Waals surface area contributed by atoms with Crippen molar-refractivity contribution >= 4 is 80.4 Å². The van der Waals surface area contributed by atoms with E-state index in [4.69, 9.17) is 37.0 Å². The zero-order chi connectivity index (χ0) is 91.6. The van der Waals surface area contributed by atoms with Crippen molar-refractivity contribution in [2.75, 3.05) is 84.7 Å². The summed E-state index contributed by atoms with van der Waals surface area (Å²) in [6.45, 7) is 42.7. The number of phenols is 1. The summed E-state index contributed by atoms with van der Waals surface area (Å²) in [5.74, 6) is -0.0860. The molecule has 5 saturated heterocycles. The number of thioether (sulfide) groups is 1. The van der Waals surface area contributed by atoms with Crippen LogP contribution in [0.5, 0.6) is 5.75 Å². The Kier molecular flexibility index (Phi) is 48.0. The Balaban J connectivity index is 0. The van der Waals surface area contributed by atoms with Crippen molar-refractivity contribution in [2.45, 2.75) is 362 Å². The Labute approximate surface area is 746 Å². The smallest absolute Gasteiger partial charge is 0.472 e. The van der Waals surface area contributed by atoms with Crippen molar-refractivity contribution in [3.63, 3.8) is 0 Å². The van der Waals surface area contributed by atoms with Gasteiger partial charge in [0.2, 0.25) is 47.3 Å². The number of phosphoric acid groups is 2. The highest BCUT2D eigenvalue weighted by Gasteiger charge is 2.46. The van der Waals surface area contributed by atoms with Crippen molar-refractivity contribution in [3.8, 4) is 5.75 Å². The number of benzene rings is 1. The number of hydrogen-bond acceptors (Lipinski definition) is 25. The predicted octanol–water partition coefficient (Wildman–Crippen LogP) is 10.8. The number of nitrogens with one attached hydrogen (secondary N) is 6. The van der Waals surface area contributed by atoms with E-state index in [9.17, 15) is 67.2 Å². The molecule has 1 aliphatic carbocycles. The number of nitrogens with zero attached hydrogens (tertiary/aromatic N) is 5. The number of aromatic hydroxyl groups is 1. The van der Waals surface area contributed by atoms with Gasteiger partial charge in [-0.3, -0.25) is 66.1 Å². The molecule has 0 spiro atoms. The number of phenolic OH excluding ortho intramolecular Hbond substituents is 1. The van der Waals surface area contributed by atoms with Crippen molar-refractivity contribution < 1.29 is 113 Å². The van der Waals surface area contributed by atoms with Crippen LogP contribution in [0.15, 0.2) is 24.3 Å². The number of ether oxygens (including phenoxy) is 4. The summed E-state index contributed by atoms with van der Waals surface area (Å²) < 4.78 is 71.7. The van der Waals surface area contributed by atoms with Gasteiger partial charge in [-0.1, -0.05) is 81.4 Å². The fourth-order valence-corrected chi connectivity index (χ4v) is 18.7. The molecule has 0 radical (unpaired) electrons. The number of amides is 8. The van der Waals surface area contributed by atoms with E-state index >= 15 is 0 Å². The Bertz CT molecular complexity index is 3540. The molecular formula is C87H167N11O22P2S. The topological polar surface area (TPSA) is 411 Å². The highest BCUT2D eigenvalue weighted by molar-refractivity contribution is 8.00. The van der Waals surface area contributed by atoms with Crippen LogP contribution < -0.4 is 31.9 Å². The molecule has 6 fully saturated rings. The molecule has 5 aliphatic heterocycles. The van der Waals surface area contributed by atoms with E-state index in [2.05, 4.69) is 45.7 Å². The maximum absolute atomic E-state index is 13.1.